The van der Waals surface area contributed by atoms with Crippen LogP contribution in [0.1, 0.15) is 47.5 Å². The van der Waals surface area contributed by atoms with E-state index >= 15 is 0 Å². The van der Waals surface area contributed by atoms with Crippen LogP contribution in [-0.2, 0) is 0 Å². The minimum Gasteiger partial charge on any atom is -0.304 e. The molecule has 0 saturated carbocycles. The summed E-state index contributed by atoms with van der Waals surface area (Å²) in [5, 5.41) is 0. The predicted octanol–water partition coefficient (Wildman–Crippen LogP) is 2.77. The first-order valence-electron chi connectivity index (χ1n) is 8.44. The van der Waals surface area contributed by atoms with E-state index in [0.29, 0.717) is 0 Å². The minimum absolute atomic E-state index is 0.876. The molecule has 19 heavy (non-hydrogen) atoms. The van der Waals surface area contributed by atoms with Crippen molar-refractivity contribution in [1.29, 1.82) is 0 Å². The normalized spacial score (nSPS) is 23.1. The van der Waals surface area contributed by atoms with E-state index in [1.807, 2.05) is 27.7 Å². The standard InChI is InChI=1S/C12H25N3.2C2H6/c1-3-14-6-4-12(5-7-14)15-10-8-13(2)9-11-15;2*1-2/h12H,3-11H2,1-2H3;2*1-2H3. The second kappa shape index (κ2) is 11.7. The molecule has 2 aliphatic rings. The van der Waals surface area contributed by atoms with Crippen LogP contribution in [0.4, 0.5) is 0 Å². The van der Waals surface area contributed by atoms with Gasteiger partial charge in [-0.05, 0) is 39.5 Å². The summed E-state index contributed by atoms with van der Waals surface area (Å²) >= 11 is 0. The quantitative estimate of drug-likeness (QED) is 0.765. The first-order valence-corrected chi connectivity index (χ1v) is 8.44. The molecular weight excluding hydrogens is 234 g/mol. The number of hydrogen-bond donors (Lipinski definition) is 0. The molecule has 0 aliphatic carbocycles. The van der Waals surface area contributed by atoms with Gasteiger partial charge < -0.3 is 9.80 Å². The first kappa shape index (κ1) is 18.9. The number of likely N-dealkylation sites (N-methyl/N-ethyl adjacent to an activating group) is 1. The Labute approximate surface area is 121 Å². The lowest BCUT2D eigenvalue weighted by molar-refractivity contribution is 0.0693. The van der Waals surface area contributed by atoms with E-state index < -0.39 is 0 Å². The Kier molecular flexibility index (Phi) is 11.6. The van der Waals surface area contributed by atoms with Gasteiger partial charge in [0, 0.05) is 32.2 Å². The van der Waals surface area contributed by atoms with Crippen molar-refractivity contribution < 1.29 is 0 Å². The average Bonchev–Trinajstić information content (AvgIpc) is 2.52. The molecule has 116 valence electrons. The van der Waals surface area contributed by atoms with Gasteiger partial charge in [-0.3, -0.25) is 4.90 Å². The molecule has 0 radical (unpaired) electrons. The molecule has 0 bridgehead atoms. The molecule has 2 rings (SSSR count). The summed E-state index contributed by atoms with van der Waals surface area (Å²) in [6, 6.07) is 0.876. The number of rotatable bonds is 2. The third-order valence-electron chi connectivity index (χ3n) is 4.06. The fraction of sp³-hybridized carbons (Fsp3) is 1.00. The second-order valence-corrected chi connectivity index (χ2v) is 5.00. The molecule has 3 heteroatoms. The Morgan fingerprint density at radius 2 is 1.26 bits per heavy atom. The summed E-state index contributed by atoms with van der Waals surface area (Å²) in [6.07, 6.45) is 2.77. The summed E-state index contributed by atoms with van der Waals surface area (Å²) in [7, 11) is 2.23. The van der Waals surface area contributed by atoms with Gasteiger partial charge in [-0.1, -0.05) is 34.6 Å². The number of piperazine rings is 1. The van der Waals surface area contributed by atoms with Crippen molar-refractivity contribution in [2.45, 2.75) is 53.5 Å². The maximum absolute atomic E-state index is 2.72. The minimum atomic E-state index is 0.876. The highest BCUT2D eigenvalue weighted by molar-refractivity contribution is 4.82. The molecule has 0 atom stereocenters. The maximum atomic E-state index is 2.72. The van der Waals surface area contributed by atoms with Crippen LogP contribution in [0.5, 0.6) is 0 Å². The number of likely N-dealkylation sites (tertiary alicyclic amines) is 1. The van der Waals surface area contributed by atoms with E-state index in [0.717, 1.165) is 6.04 Å². The molecule has 0 N–H and O–H groups in total. The van der Waals surface area contributed by atoms with Crippen LogP contribution in [0.3, 0.4) is 0 Å². The zero-order chi connectivity index (χ0) is 14.7. The highest BCUT2D eigenvalue weighted by atomic mass is 15.3. The van der Waals surface area contributed by atoms with E-state index in [4.69, 9.17) is 0 Å². The molecule has 0 amide bonds. The topological polar surface area (TPSA) is 9.72 Å². The summed E-state index contributed by atoms with van der Waals surface area (Å²) < 4.78 is 0. The molecule has 3 nitrogen and oxygen atoms in total. The van der Waals surface area contributed by atoms with Gasteiger partial charge in [0.25, 0.3) is 0 Å². The van der Waals surface area contributed by atoms with Gasteiger partial charge in [0.15, 0.2) is 0 Å². The van der Waals surface area contributed by atoms with Gasteiger partial charge in [0.05, 0.1) is 0 Å². The Balaban J connectivity index is 0.000000741. The van der Waals surface area contributed by atoms with Crippen LogP contribution in [0, 0.1) is 0 Å². The Hall–Kier alpha value is -0.120. The Morgan fingerprint density at radius 1 is 0.789 bits per heavy atom. The van der Waals surface area contributed by atoms with Crippen molar-refractivity contribution in [3.05, 3.63) is 0 Å². The Bertz CT molecular complexity index is 180. The zero-order valence-corrected chi connectivity index (χ0v) is 14.3. The largest absolute Gasteiger partial charge is 0.304 e. The smallest absolute Gasteiger partial charge is 0.0121 e. The van der Waals surface area contributed by atoms with Gasteiger partial charge in [0.1, 0.15) is 0 Å². The van der Waals surface area contributed by atoms with Gasteiger partial charge in [-0.15, -0.1) is 0 Å². The van der Waals surface area contributed by atoms with Gasteiger partial charge in [-0.25, -0.2) is 0 Å². The van der Waals surface area contributed by atoms with E-state index in [1.165, 1.54) is 58.7 Å². The van der Waals surface area contributed by atoms with E-state index in [1.54, 1.807) is 0 Å². The van der Waals surface area contributed by atoms with Crippen LogP contribution in [0.25, 0.3) is 0 Å². The third-order valence-corrected chi connectivity index (χ3v) is 4.06. The highest BCUT2D eigenvalue weighted by Gasteiger charge is 2.25. The van der Waals surface area contributed by atoms with Crippen molar-refractivity contribution in [3.8, 4) is 0 Å². The monoisotopic (exact) mass is 271 g/mol. The Morgan fingerprint density at radius 3 is 1.68 bits per heavy atom. The van der Waals surface area contributed by atoms with E-state index in [-0.39, 0.29) is 0 Å². The lowest BCUT2D eigenvalue weighted by Crippen LogP contribution is -2.52. The van der Waals surface area contributed by atoms with Crippen molar-refractivity contribution in [2.75, 3.05) is 52.9 Å². The van der Waals surface area contributed by atoms with Crippen molar-refractivity contribution >= 4 is 0 Å². The summed E-state index contributed by atoms with van der Waals surface area (Å²) in [6.45, 7) is 19.2. The fourth-order valence-electron chi connectivity index (χ4n) is 2.79. The third kappa shape index (κ3) is 6.73. The number of nitrogens with zero attached hydrogens (tertiary/aromatic N) is 3. The maximum Gasteiger partial charge on any atom is 0.0121 e. The molecule has 0 spiro atoms. The van der Waals surface area contributed by atoms with Crippen LogP contribution < -0.4 is 0 Å². The summed E-state index contributed by atoms with van der Waals surface area (Å²) in [5.41, 5.74) is 0. The van der Waals surface area contributed by atoms with Crippen molar-refractivity contribution in [3.63, 3.8) is 0 Å². The summed E-state index contributed by atoms with van der Waals surface area (Å²) in [5.74, 6) is 0. The lowest BCUT2D eigenvalue weighted by atomic mass is 10.0. The number of piperidine rings is 1. The van der Waals surface area contributed by atoms with Crippen LogP contribution in [0.2, 0.25) is 0 Å². The predicted molar refractivity (Wildman–Crippen MR) is 86.9 cm³/mol. The lowest BCUT2D eigenvalue weighted by Gasteiger charge is -2.41. The molecule has 0 aromatic heterocycles. The van der Waals surface area contributed by atoms with Crippen molar-refractivity contribution in [2.24, 2.45) is 0 Å². The molecule has 2 saturated heterocycles. The van der Waals surface area contributed by atoms with Crippen LogP contribution in [0.15, 0.2) is 0 Å². The fourth-order valence-corrected chi connectivity index (χ4v) is 2.79. The molecule has 2 heterocycles. The molecule has 2 aliphatic heterocycles. The van der Waals surface area contributed by atoms with E-state index in [9.17, 15) is 0 Å². The molecule has 2 fully saturated rings. The highest BCUT2D eigenvalue weighted by Crippen LogP contribution is 2.17. The van der Waals surface area contributed by atoms with E-state index in [2.05, 4.69) is 28.7 Å². The summed E-state index contributed by atoms with van der Waals surface area (Å²) in [4.78, 5) is 7.73. The second-order valence-electron chi connectivity index (χ2n) is 5.00. The first-order chi connectivity index (χ1) is 9.29. The molecule has 0 aromatic carbocycles. The van der Waals surface area contributed by atoms with Gasteiger partial charge >= 0.3 is 0 Å². The van der Waals surface area contributed by atoms with Crippen LogP contribution >= 0.6 is 0 Å². The van der Waals surface area contributed by atoms with Gasteiger partial charge in [0.2, 0.25) is 0 Å². The van der Waals surface area contributed by atoms with Crippen LogP contribution in [-0.4, -0.2) is 73.6 Å². The molecule has 0 aromatic rings. The van der Waals surface area contributed by atoms with Crippen molar-refractivity contribution in [1.82, 2.24) is 14.7 Å². The SMILES string of the molecule is CC.CC.CCN1CCC(N2CCN(C)CC2)CC1. The zero-order valence-electron chi connectivity index (χ0n) is 14.3. The molecule has 0 unspecified atom stereocenters. The average molecular weight is 271 g/mol. The van der Waals surface area contributed by atoms with Gasteiger partial charge in [-0.2, -0.15) is 0 Å². The number of hydrogen-bond acceptors (Lipinski definition) is 3. The molecular formula is C16H37N3.